The van der Waals surface area contributed by atoms with Gasteiger partial charge in [-0.2, -0.15) is 0 Å². The van der Waals surface area contributed by atoms with Crippen LogP contribution < -0.4 is 0 Å². The van der Waals surface area contributed by atoms with E-state index < -0.39 is 26.9 Å². The van der Waals surface area contributed by atoms with Crippen molar-refractivity contribution in [2.45, 2.75) is 64.8 Å². The third kappa shape index (κ3) is 8.66. The molecule has 0 rings (SSSR count). The molecular formula is C10H28O3Si3. The average molecular weight is 281 g/mol. The van der Waals surface area contributed by atoms with Gasteiger partial charge in [-0.15, -0.1) is 0 Å². The predicted molar refractivity (Wildman–Crippen MR) is 76.8 cm³/mol. The van der Waals surface area contributed by atoms with Crippen molar-refractivity contribution in [1.82, 2.24) is 0 Å². The van der Waals surface area contributed by atoms with E-state index in [9.17, 15) is 4.80 Å². The zero-order valence-corrected chi connectivity index (χ0v) is 14.8. The molecule has 0 radical (unpaired) electrons. The predicted octanol–water partition coefficient (Wildman–Crippen LogP) is 2.50. The van der Waals surface area contributed by atoms with Crippen LogP contribution in [0.5, 0.6) is 0 Å². The summed E-state index contributed by atoms with van der Waals surface area (Å²) in [7, 11) is -5.21. The van der Waals surface area contributed by atoms with E-state index in [1.54, 1.807) is 0 Å². The highest BCUT2D eigenvalue weighted by molar-refractivity contribution is 6.74. The summed E-state index contributed by atoms with van der Waals surface area (Å²) < 4.78 is 11.5. The number of hydrogen-bond acceptors (Lipinski definition) is 3. The molecule has 0 bridgehead atoms. The molecule has 0 saturated heterocycles. The van der Waals surface area contributed by atoms with Gasteiger partial charge in [0.2, 0.25) is 0 Å². The summed E-state index contributed by atoms with van der Waals surface area (Å²) in [6.07, 6.45) is 4.68. The molecule has 6 heteroatoms. The quantitative estimate of drug-likeness (QED) is 0.521. The minimum absolute atomic E-state index is 0.753. The number of hydrogen-bond donors (Lipinski definition) is 1. The van der Waals surface area contributed by atoms with Crippen molar-refractivity contribution in [3.05, 3.63) is 0 Å². The highest BCUT2D eigenvalue weighted by Crippen LogP contribution is 2.17. The summed E-state index contributed by atoms with van der Waals surface area (Å²) >= 11 is 0. The summed E-state index contributed by atoms with van der Waals surface area (Å²) in [5.74, 6) is 0. The Balaban J connectivity index is 4.08. The van der Waals surface area contributed by atoms with Gasteiger partial charge in [-0.05, 0) is 32.6 Å². The van der Waals surface area contributed by atoms with Crippen LogP contribution in [0, 0.1) is 0 Å². The third-order valence-corrected chi connectivity index (χ3v) is 9.89. The molecule has 16 heavy (non-hydrogen) atoms. The van der Waals surface area contributed by atoms with Crippen LogP contribution >= 0.6 is 0 Å². The van der Waals surface area contributed by atoms with Gasteiger partial charge in [-0.25, -0.2) is 0 Å². The Kier molecular flexibility index (Phi) is 8.88. The fraction of sp³-hybridized carbons (Fsp3) is 1.00. The normalized spacial score (nSPS) is 12.8. The summed E-state index contributed by atoms with van der Waals surface area (Å²) in [6, 6.07) is 0.753. The summed E-state index contributed by atoms with van der Waals surface area (Å²) in [4.78, 5) is 10.4. The van der Waals surface area contributed by atoms with Crippen molar-refractivity contribution in [2.24, 2.45) is 0 Å². The Hall–Kier alpha value is 0.531. The van der Waals surface area contributed by atoms with Gasteiger partial charge in [-0.3, -0.25) is 0 Å². The minimum Gasteiger partial charge on any atom is -0.419 e. The van der Waals surface area contributed by atoms with Gasteiger partial charge in [0.05, 0.1) is 0 Å². The zero-order chi connectivity index (χ0) is 12.6. The van der Waals surface area contributed by atoms with E-state index in [4.69, 9.17) is 8.23 Å². The molecule has 0 aliphatic rings. The Morgan fingerprint density at radius 2 is 1.44 bits per heavy atom. The third-order valence-electron chi connectivity index (χ3n) is 2.19. The van der Waals surface area contributed by atoms with Crippen LogP contribution in [0.3, 0.4) is 0 Å². The van der Waals surface area contributed by atoms with Crippen molar-refractivity contribution in [1.29, 1.82) is 0 Å². The Morgan fingerprint density at radius 1 is 0.938 bits per heavy atom. The first-order valence-corrected chi connectivity index (χ1v) is 14.0. The SMILES string of the molecule is CCCCCC[Si](O)(O[SiH](C)C)O[SiH](C)C. The van der Waals surface area contributed by atoms with Gasteiger partial charge < -0.3 is 13.0 Å². The van der Waals surface area contributed by atoms with E-state index in [-0.39, 0.29) is 0 Å². The largest absolute Gasteiger partial charge is 0.476 e. The molecule has 0 aliphatic carbocycles. The molecule has 0 aliphatic heterocycles. The fourth-order valence-corrected chi connectivity index (χ4v) is 9.91. The van der Waals surface area contributed by atoms with Crippen LogP contribution in [0.1, 0.15) is 32.6 Å². The molecule has 0 fully saturated rings. The fourth-order valence-electron chi connectivity index (χ4n) is 1.66. The maximum absolute atomic E-state index is 10.4. The lowest BCUT2D eigenvalue weighted by atomic mass is 10.2. The molecule has 0 spiro atoms. The molecule has 98 valence electrons. The van der Waals surface area contributed by atoms with Crippen LogP contribution in [-0.2, 0) is 8.23 Å². The second-order valence-corrected chi connectivity index (χ2v) is 12.9. The van der Waals surface area contributed by atoms with Crippen molar-refractivity contribution in [3.8, 4) is 0 Å². The monoisotopic (exact) mass is 280 g/mol. The van der Waals surface area contributed by atoms with Gasteiger partial charge in [0.1, 0.15) is 0 Å². The van der Waals surface area contributed by atoms with Crippen LogP contribution in [0.4, 0.5) is 0 Å². The maximum Gasteiger partial charge on any atom is 0.476 e. The van der Waals surface area contributed by atoms with Gasteiger partial charge in [-0.1, -0.05) is 26.2 Å². The lowest BCUT2D eigenvalue weighted by Gasteiger charge is -2.28. The Labute approximate surface area is 105 Å². The lowest BCUT2D eigenvalue weighted by Crippen LogP contribution is -2.48. The van der Waals surface area contributed by atoms with Crippen LogP contribution in [0.2, 0.25) is 32.2 Å². The smallest absolute Gasteiger partial charge is 0.419 e. The van der Waals surface area contributed by atoms with Crippen molar-refractivity contribution in [3.63, 3.8) is 0 Å². The van der Waals surface area contributed by atoms with Crippen molar-refractivity contribution < 1.29 is 13.0 Å². The van der Waals surface area contributed by atoms with E-state index in [1.807, 2.05) is 0 Å². The lowest BCUT2D eigenvalue weighted by molar-refractivity contribution is 0.252. The molecule has 1 N–H and O–H groups in total. The number of unbranched alkanes of at least 4 members (excludes halogenated alkanes) is 3. The topological polar surface area (TPSA) is 38.7 Å². The first kappa shape index (κ1) is 16.5. The molecule has 0 amide bonds. The Bertz CT molecular complexity index is 167. The second-order valence-electron chi connectivity index (χ2n) is 4.86. The minimum atomic E-state index is -2.80. The molecule has 0 saturated carbocycles. The van der Waals surface area contributed by atoms with Crippen molar-refractivity contribution >= 4 is 26.9 Å². The second kappa shape index (κ2) is 8.60. The van der Waals surface area contributed by atoms with Gasteiger partial charge in [0, 0.05) is 6.04 Å². The van der Waals surface area contributed by atoms with E-state index in [1.165, 1.54) is 19.3 Å². The van der Waals surface area contributed by atoms with Crippen molar-refractivity contribution in [2.75, 3.05) is 0 Å². The van der Waals surface area contributed by atoms with Gasteiger partial charge in [0.15, 0.2) is 18.1 Å². The summed E-state index contributed by atoms with van der Waals surface area (Å²) in [6.45, 7) is 10.6. The molecular weight excluding hydrogens is 252 g/mol. The van der Waals surface area contributed by atoms with Gasteiger partial charge in [0.25, 0.3) is 0 Å². The van der Waals surface area contributed by atoms with E-state index >= 15 is 0 Å². The molecule has 0 aromatic carbocycles. The number of rotatable bonds is 9. The van der Waals surface area contributed by atoms with Crippen LogP contribution in [0.25, 0.3) is 0 Å². The summed E-state index contributed by atoms with van der Waals surface area (Å²) in [5, 5.41) is 0. The first-order valence-electron chi connectivity index (χ1n) is 6.47. The highest BCUT2D eigenvalue weighted by atomic mass is 28.5. The zero-order valence-electron chi connectivity index (χ0n) is 11.5. The van der Waals surface area contributed by atoms with E-state index in [0.29, 0.717) is 0 Å². The molecule has 0 atom stereocenters. The standard InChI is InChI=1S/C10H28O3Si3/c1-6-7-8-9-10-16(11,12-14(2)3)13-15(4)5/h11,14-15H,6-10H2,1-5H3. The van der Waals surface area contributed by atoms with Crippen LogP contribution in [-0.4, -0.2) is 31.7 Å². The summed E-state index contributed by atoms with van der Waals surface area (Å²) in [5.41, 5.74) is 0. The van der Waals surface area contributed by atoms with Crippen LogP contribution in [0.15, 0.2) is 0 Å². The molecule has 0 unspecified atom stereocenters. The van der Waals surface area contributed by atoms with E-state index in [2.05, 4.69) is 33.1 Å². The Morgan fingerprint density at radius 3 is 1.81 bits per heavy atom. The average Bonchev–Trinajstić information content (AvgIpc) is 2.09. The highest BCUT2D eigenvalue weighted by Gasteiger charge is 2.37. The first-order chi connectivity index (χ1) is 7.39. The molecule has 0 aromatic heterocycles. The van der Waals surface area contributed by atoms with Gasteiger partial charge >= 0.3 is 8.80 Å². The molecule has 0 aromatic rings. The molecule has 0 heterocycles. The van der Waals surface area contributed by atoms with E-state index in [0.717, 1.165) is 12.5 Å². The maximum atomic E-state index is 10.4. The molecule has 3 nitrogen and oxygen atoms in total.